The second-order valence-corrected chi connectivity index (χ2v) is 8.73. The molecule has 184 valence electrons. The monoisotopic (exact) mass is 513 g/mol. The summed E-state index contributed by atoms with van der Waals surface area (Å²) in [6, 6.07) is 20.2. The van der Waals surface area contributed by atoms with Gasteiger partial charge in [-0.3, -0.25) is 0 Å². The summed E-state index contributed by atoms with van der Waals surface area (Å²) in [5, 5.41) is 19.1. The predicted molar refractivity (Wildman–Crippen MR) is 137 cm³/mol. The first-order valence-corrected chi connectivity index (χ1v) is 11.8. The van der Waals surface area contributed by atoms with Crippen molar-refractivity contribution in [3.8, 4) is 23.1 Å². The van der Waals surface area contributed by atoms with E-state index in [2.05, 4.69) is 15.2 Å². The molecule has 0 saturated carbocycles. The summed E-state index contributed by atoms with van der Waals surface area (Å²) in [6.07, 6.45) is 3.08. The van der Waals surface area contributed by atoms with Gasteiger partial charge in [-0.25, -0.2) is 14.5 Å². The molecule has 0 bridgehead atoms. The van der Waals surface area contributed by atoms with Crippen LogP contribution in [-0.4, -0.2) is 38.0 Å². The molecule has 1 aliphatic heterocycles. The van der Waals surface area contributed by atoms with E-state index in [9.17, 15) is 5.11 Å². The van der Waals surface area contributed by atoms with E-state index in [0.29, 0.717) is 28.1 Å². The third-order valence-electron chi connectivity index (χ3n) is 6.05. The number of methoxy groups -OCH3 is 1. The van der Waals surface area contributed by atoms with E-state index in [1.54, 1.807) is 36.0 Å². The van der Waals surface area contributed by atoms with Gasteiger partial charge in [-0.15, -0.1) is 5.10 Å². The van der Waals surface area contributed by atoms with Crippen molar-refractivity contribution in [2.75, 3.05) is 7.11 Å². The number of hydrogen-bond donors (Lipinski definition) is 1. The van der Waals surface area contributed by atoms with E-state index in [0.717, 1.165) is 28.0 Å². The summed E-state index contributed by atoms with van der Waals surface area (Å²) in [6.45, 7) is 0.0515. The van der Waals surface area contributed by atoms with Crippen LogP contribution < -0.4 is 9.47 Å². The molecular weight excluding hydrogens is 494 g/mol. The second kappa shape index (κ2) is 9.44. The van der Waals surface area contributed by atoms with Crippen LogP contribution in [0.3, 0.4) is 0 Å². The summed E-state index contributed by atoms with van der Waals surface area (Å²) in [4.78, 5) is 14.7. The highest BCUT2D eigenvalue weighted by Crippen LogP contribution is 2.48. The number of ether oxygens (including phenoxy) is 2. The lowest BCUT2D eigenvalue weighted by Gasteiger charge is -2.28. The number of halogens is 1. The van der Waals surface area contributed by atoms with Crippen LogP contribution in [0, 0.1) is 0 Å². The Kier molecular flexibility index (Phi) is 5.82. The fourth-order valence-electron chi connectivity index (χ4n) is 4.32. The molecule has 0 spiro atoms. The van der Waals surface area contributed by atoms with E-state index in [4.69, 9.17) is 30.9 Å². The molecule has 1 N–H and O–H groups in total. The molecule has 0 fully saturated rings. The van der Waals surface area contributed by atoms with Crippen molar-refractivity contribution in [2.24, 2.45) is 5.16 Å². The number of rotatable bonds is 6. The fraction of sp³-hybridized carbons (Fsp3) is 0.111. The Morgan fingerprint density at radius 2 is 1.97 bits per heavy atom. The molecular formula is C27H20ClN5O4. The zero-order chi connectivity index (χ0) is 25.4. The first kappa shape index (κ1) is 22.8. The van der Waals surface area contributed by atoms with E-state index in [1.165, 1.54) is 6.33 Å². The smallest absolute Gasteiger partial charge is 0.228 e. The SMILES string of the molecule is COc1ccc([C@H]2c3ccc(O)cc3Oc3ncn4nc(CO/N=C\c5ccccc5Cl)nc4c32)cc1. The minimum Gasteiger partial charge on any atom is -0.508 e. The predicted octanol–water partition coefficient (Wildman–Crippen LogP) is 5.33. The summed E-state index contributed by atoms with van der Waals surface area (Å²) >= 11 is 6.15. The molecule has 0 aliphatic carbocycles. The van der Waals surface area contributed by atoms with Gasteiger partial charge in [-0.2, -0.15) is 0 Å². The maximum Gasteiger partial charge on any atom is 0.228 e. The van der Waals surface area contributed by atoms with Gasteiger partial charge in [-0.1, -0.05) is 53.2 Å². The van der Waals surface area contributed by atoms with Crippen LogP contribution in [-0.2, 0) is 11.4 Å². The van der Waals surface area contributed by atoms with Crippen molar-refractivity contribution < 1.29 is 19.4 Å². The third-order valence-corrected chi connectivity index (χ3v) is 6.39. The summed E-state index contributed by atoms with van der Waals surface area (Å²) in [7, 11) is 1.63. The number of aromatic nitrogens is 4. The van der Waals surface area contributed by atoms with Gasteiger partial charge in [0.05, 0.1) is 18.9 Å². The molecule has 0 amide bonds. The van der Waals surface area contributed by atoms with Gasteiger partial charge in [0.15, 0.2) is 18.1 Å². The number of aromatic hydroxyl groups is 1. The van der Waals surface area contributed by atoms with Crippen LogP contribution in [0.4, 0.5) is 0 Å². The number of hydrogen-bond acceptors (Lipinski definition) is 8. The van der Waals surface area contributed by atoms with Gasteiger partial charge in [0.25, 0.3) is 0 Å². The maximum absolute atomic E-state index is 10.1. The normalized spacial score (nSPS) is 14.3. The summed E-state index contributed by atoms with van der Waals surface area (Å²) < 4.78 is 13.0. The molecule has 37 heavy (non-hydrogen) atoms. The standard InChI is InChI=1S/C27H20ClN5O4/c1-35-19-9-6-16(7-10-19)24-20-11-8-18(34)12-22(20)37-27-25(24)26-31-23(32-33(26)15-29-27)14-36-30-13-17-4-2-3-5-21(17)28/h2-13,15,24,34H,14H2,1H3/b30-13-/t24-/m0/s1. The first-order chi connectivity index (χ1) is 18.1. The van der Waals surface area contributed by atoms with Crippen molar-refractivity contribution in [1.29, 1.82) is 0 Å². The Labute approximate surface area is 216 Å². The summed E-state index contributed by atoms with van der Waals surface area (Å²) in [5.74, 6) is 1.94. The van der Waals surface area contributed by atoms with Crippen molar-refractivity contribution in [2.45, 2.75) is 12.5 Å². The molecule has 0 saturated heterocycles. The Hall–Kier alpha value is -4.63. The molecule has 5 aromatic rings. The van der Waals surface area contributed by atoms with Crippen LogP contribution in [0.25, 0.3) is 5.65 Å². The maximum atomic E-state index is 10.1. The van der Waals surface area contributed by atoms with Gasteiger partial charge in [0.1, 0.15) is 23.6 Å². The van der Waals surface area contributed by atoms with Crippen LogP contribution in [0.5, 0.6) is 23.1 Å². The van der Waals surface area contributed by atoms with Crippen molar-refractivity contribution in [1.82, 2.24) is 19.6 Å². The molecule has 1 atom stereocenters. The molecule has 10 heteroatoms. The van der Waals surface area contributed by atoms with Crippen LogP contribution in [0.2, 0.25) is 5.02 Å². The van der Waals surface area contributed by atoms with Gasteiger partial charge >= 0.3 is 0 Å². The molecule has 3 aromatic carbocycles. The molecule has 0 unspecified atom stereocenters. The zero-order valence-corrected chi connectivity index (χ0v) is 20.3. The number of nitrogens with zero attached hydrogens (tertiary/aromatic N) is 5. The molecule has 0 radical (unpaired) electrons. The van der Waals surface area contributed by atoms with Crippen LogP contribution >= 0.6 is 11.6 Å². The third kappa shape index (κ3) is 4.30. The highest BCUT2D eigenvalue weighted by molar-refractivity contribution is 6.33. The van der Waals surface area contributed by atoms with Crippen LogP contribution in [0.1, 0.15) is 34.0 Å². The second-order valence-electron chi connectivity index (χ2n) is 8.32. The lowest BCUT2D eigenvalue weighted by Crippen LogP contribution is -2.15. The van der Waals surface area contributed by atoms with Gasteiger partial charge in [-0.05, 0) is 29.8 Å². The highest BCUT2D eigenvalue weighted by atomic mass is 35.5. The van der Waals surface area contributed by atoms with Crippen molar-refractivity contribution in [3.63, 3.8) is 0 Å². The average Bonchev–Trinajstić information content (AvgIpc) is 3.34. The number of oxime groups is 1. The number of phenols is 1. The van der Waals surface area contributed by atoms with E-state index < -0.39 is 0 Å². The number of phenolic OH excluding ortho intramolecular Hbond substituents is 1. The lowest BCUT2D eigenvalue weighted by atomic mass is 9.84. The Balaban J connectivity index is 1.37. The Morgan fingerprint density at radius 3 is 2.78 bits per heavy atom. The van der Waals surface area contributed by atoms with E-state index >= 15 is 0 Å². The topological polar surface area (TPSA) is 103 Å². The lowest BCUT2D eigenvalue weighted by molar-refractivity contribution is 0.126. The summed E-state index contributed by atoms with van der Waals surface area (Å²) in [5.41, 5.74) is 3.94. The van der Waals surface area contributed by atoms with Gasteiger partial charge in [0.2, 0.25) is 5.88 Å². The minimum absolute atomic E-state index is 0.0515. The van der Waals surface area contributed by atoms with Gasteiger partial charge < -0.3 is 19.4 Å². The van der Waals surface area contributed by atoms with Crippen molar-refractivity contribution >= 4 is 23.5 Å². The van der Waals surface area contributed by atoms with E-state index in [1.807, 2.05) is 48.5 Å². The van der Waals surface area contributed by atoms with E-state index in [-0.39, 0.29) is 18.3 Å². The number of benzene rings is 3. The largest absolute Gasteiger partial charge is 0.508 e. The molecule has 9 nitrogen and oxygen atoms in total. The Bertz CT molecular complexity index is 1630. The minimum atomic E-state index is -0.266. The first-order valence-electron chi connectivity index (χ1n) is 11.4. The Morgan fingerprint density at radius 1 is 1.14 bits per heavy atom. The molecule has 6 rings (SSSR count). The molecule has 3 heterocycles. The molecule has 1 aliphatic rings. The number of fused-ring (bicyclic) bond motifs is 4. The van der Waals surface area contributed by atoms with Crippen LogP contribution in [0.15, 0.2) is 78.2 Å². The van der Waals surface area contributed by atoms with Gasteiger partial charge in [0, 0.05) is 28.1 Å². The fourth-order valence-corrected chi connectivity index (χ4v) is 4.50. The average molecular weight is 514 g/mol. The van der Waals surface area contributed by atoms with Crippen molar-refractivity contribution in [3.05, 3.63) is 106 Å². The highest BCUT2D eigenvalue weighted by Gasteiger charge is 2.33. The zero-order valence-electron chi connectivity index (χ0n) is 19.6. The quantitative estimate of drug-likeness (QED) is 0.237. The molecule has 2 aromatic heterocycles.